The molecular weight excluding hydrogens is 1190 g/mol. The largest absolute Gasteiger partial charge is 0.306 e. The minimum Gasteiger partial charge on any atom is -0.306 e. The Balaban J connectivity index is 1.13. The molecule has 0 spiro atoms. The van der Waals surface area contributed by atoms with Gasteiger partial charge in [0, 0.05) is 52.1 Å². The maximum absolute atomic E-state index is 16.3. The van der Waals surface area contributed by atoms with Gasteiger partial charge in [0.1, 0.15) is 0 Å². The number of hydrogen-bond donors (Lipinski definition) is 0. The number of fused-ring (bicyclic) bond motifs is 1. The van der Waals surface area contributed by atoms with E-state index in [1.807, 2.05) is 22.7 Å². The van der Waals surface area contributed by atoms with Gasteiger partial charge in [0.15, 0.2) is 0 Å². The van der Waals surface area contributed by atoms with Gasteiger partial charge in [-0.05, 0) is 109 Å². The van der Waals surface area contributed by atoms with Crippen LogP contribution in [0.1, 0.15) is 294 Å². The number of nitrogens with zero attached hydrogens (tertiary/aromatic N) is 2. The molecule has 0 radical (unpaired) electrons. The molecule has 6 aromatic rings. The molecule has 0 aromatic carbocycles. The number of carbonyl (C=O) groups is 2. The molecule has 2 amide bonds. The summed E-state index contributed by atoms with van der Waals surface area (Å²) in [5.41, 5.74) is 3.09. The van der Waals surface area contributed by atoms with E-state index in [4.69, 9.17) is 0 Å². The number of hydrogen-bond acceptors (Lipinski definition) is 8. The van der Waals surface area contributed by atoms with Gasteiger partial charge in [-0.1, -0.05) is 271 Å². The van der Waals surface area contributed by atoms with Crippen LogP contribution in [0, 0.1) is 11.8 Å². The summed E-state index contributed by atoms with van der Waals surface area (Å²) in [7, 11) is 0. The predicted molar refractivity (Wildman–Crippen MR) is 394 cm³/mol. The van der Waals surface area contributed by atoms with Gasteiger partial charge in [0.2, 0.25) is 0 Å². The first-order valence-corrected chi connectivity index (χ1v) is 41.1. The Kier molecular flexibility index (Phi) is 32.5. The summed E-state index contributed by atoms with van der Waals surface area (Å²) in [5.74, 6) is 0.835. The zero-order chi connectivity index (χ0) is 61.4. The third kappa shape index (κ3) is 21.9. The van der Waals surface area contributed by atoms with E-state index in [1.165, 1.54) is 270 Å². The quantitative estimate of drug-likeness (QED) is 0.0357. The average molecular weight is 1300 g/mol. The molecule has 2 atom stereocenters. The van der Waals surface area contributed by atoms with Gasteiger partial charge in [-0.15, -0.1) is 68.0 Å². The minimum atomic E-state index is 0.0475. The fourth-order valence-corrected chi connectivity index (χ4v) is 19.6. The average Bonchev–Trinajstić information content (AvgIpc) is 1.64. The lowest BCUT2D eigenvalue weighted by Gasteiger charge is -2.29. The Labute approximate surface area is 559 Å². The molecule has 8 heterocycles. The highest BCUT2D eigenvalue weighted by molar-refractivity contribution is 7.27. The lowest BCUT2D eigenvalue weighted by molar-refractivity contribution is -0.124. The van der Waals surface area contributed by atoms with Crippen molar-refractivity contribution < 1.29 is 9.59 Å². The summed E-state index contributed by atoms with van der Waals surface area (Å²) in [6, 6.07) is 26.8. The molecule has 4 nitrogen and oxygen atoms in total. The van der Waals surface area contributed by atoms with Crippen molar-refractivity contribution in [2.75, 3.05) is 13.1 Å². The lowest BCUT2D eigenvalue weighted by atomic mass is 9.93. The van der Waals surface area contributed by atoms with E-state index in [1.54, 1.807) is 45.3 Å². The molecule has 0 bridgehead atoms. The summed E-state index contributed by atoms with van der Waals surface area (Å²) in [5, 5.41) is 4.32. The molecule has 0 N–H and O–H groups in total. The van der Waals surface area contributed by atoms with Crippen molar-refractivity contribution in [2.24, 2.45) is 11.8 Å². The Bertz CT molecular complexity index is 2730. The van der Waals surface area contributed by atoms with Gasteiger partial charge in [-0.3, -0.25) is 9.59 Å². The van der Waals surface area contributed by atoms with Crippen LogP contribution in [-0.4, -0.2) is 34.7 Å². The Hall–Kier alpha value is -3.38. The highest BCUT2D eigenvalue weighted by atomic mass is 32.1. The van der Waals surface area contributed by atoms with Crippen molar-refractivity contribution >= 4 is 91.2 Å². The number of unbranched alkanes of at least 4 members (excludes halogenated alkanes) is 32. The van der Waals surface area contributed by atoms with Crippen LogP contribution in [0.2, 0.25) is 0 Å². The number of amides is 2. The van der Waals surface area contributed by atoms with Gasteiger partial charge in [-0.2, -0.15) is 0 Å². The zero-order valence-electron chi connectivity index (χ0n) is 55.1. The van der Waals surface area contributed by atoms with E-state index in [9.17, 15) is 0 Å². The first-order valence-electron chi connectivity index (χ1n) is 36.0. The van der Waals surface area contributed by atoms with E-state index >= 15 is 9.59 Å². The van der Waals surface area contributed by atoms with E-state index in [0.717, 1.165) is 46.8 Å². The van der Waals surface area contributed by atoms with Crippen LogP contribution in [-0.2, 0) is 9.59 Å². The maximum atomic E-state index is 16.3. The monoisotopic (exact) mass is 1300 g/mol. The summed E-state index contributed by atoms with van der Waals surface area (Å²) in [4.78, 5) is 49.1. The van der Waals surface area contributed by atoms with Crippen molar-refractivity contribution in [2.45, 2.75) is 285 Å². The van der Waals surface area contributed by atoms with Crippen molar-refractivity contribution in [1.82, 2.24) is 9.80 Å². The van der Waals surface area contributed by atoms with Gasteiger partial charge in [-0.25, -0.2) is 0 Å². The fourth-order valence-electron chi connectivity index (χ4n) is 13.6. The van der Waals surface area contributed by atoms with Crippen LogP contribution < -0.4 is 0 Å². The van der Waals surface area contributed by atoms with Crippen LogP contribution in [0.5, 0.6) is 0 Å². The molecule has 2 unspecified atom stereocenters. The van der Waals surface area contributed by atoms with Gasteiger partial charge < -0.3 is 9.80 Å². The van der Waals surface area contributed by atoms with Crippen LogP contribution in [0.15, 0.2) is 94.7 Å². The summed E-state index contributed by atoms with van der Waals surface area (Å²) in [6.45, 7) is 10.6. The smallest absolute Gasteiger partial charge is 0.261 e. The van der Waals surface area contributed by atoms with E-state index < -0.39 is 0 Å². The predicted octanol–water partition coefficient (Wildman–Crippen LogP) is 27.4. The molecule has 0 saturated heterocycles. The molecule has 0 fully saturated rings. The molecule has 482 valence electrons. The van der Waals surface area contributed by atoms with Gasteiger partial charge in [0.25, 0.3) is 11.8 Å². The second kappa shape index (κ2) is 40.6. The molecule has 6 aromatic heterocycles. The number of rotatable bonds is 50. The van der Waals surface area contributed by atoms with Crippen LogP contribution >= 0.6 is 68.0 Å². The Morgan fingerprint density at radius 1 is 0.284 bits per heavy atom. The molecule has 2 aliphatic rings. The molecule has 88 heavy (non-hydrogen) atoms. The molecule has 0 saturated carbocycles. The first-order chi connectivity index (χ1) is 43.4. The normalized spacial score (nSPS) is 14.3. The number of thiophene rings is 6. The minimum absolute atomic E-state index is 0.0475. The molecule has 2 aliphatic heterocycles. The SMILES string of the molecule is CCCCCCCCCCCCC(CCCCCCCCCC)CN1C(=O)C2=C(c3ccc(-c4ccc(-c5cccs5)s4)s3)N(CC(CCCCCCCCCC)CCCCCCCCCCCC)C(=O)C2=C1c1ccc(-c2ccc(-c3cccs3)s2)s1. The van der Waals surface area contributed by atoms with E-state index in [2.05, 4.69) is 121 Å². The molecule has 0 aliphatic carbocycles. The maximum Gasteiger partial charge on any atom is 0.261 e. The van der Waals surface area contributed by atoms with Crippen molar-refractivity contribution in [3.8, 4) is 39.0 Å². The van der Waals surface area contributed by atoms with Crippen molar-refractivity contribution in [3.05, 3.63) is 104 Å². The number of carbonyl (C=O) groups excluding carboxylic acids is 2. The molecular formula is C78H112N2O2S6. The van der Waals surface area contributed by atoms with Crippen LogP contribution in [0.25, 0.3) is 50.4 Å². The Morgan fingerprint density at radius 2 is 0.511 bits per heavy atom. The second-order valence-electron chi connectivity index (χ2n) is 26.1. The second-order valence-corrected chi connectivity index (χ2v) is 32.3. The fraction of sp³-hybridized carbons (Fsp3) is 0.615. The van der Waals surface area contributed by atoms with E-state index in [0.29, 0.717) is 36.1 Å². The van der Waals surface area contributed by atoms with Crippen LogP contribution in [0.3, 0.4) is 0 Å². The topological polar surface area (TPSA) is 40.6 Å². The third-order valence-electron chi connectivity index (χ3n) is 18.8. The molecule has 10 heteroatoms. The summed E-state index contributed by atoms with van der Waals surface area (Å²) >= 11 is 10.8. The molecule has 8 rings (SSSR count). The zero-order valence-corrected chi connectivity index (χ0v) is 60.0. The van der Waals surface area contributed by atoms with E-state index in [-0.39, 0.29) is 11.8 Å². The van der Waals surface area contributed by atoms with Crippen LogP contribution in [0.4, 0.5) is 0 Å². The highest BCUT2D eigenvalue weighted by Gasteiger charge is 2.50. The standard InChI is InChI=1S/C78H112N2O2S6/c1-5-9-13-17-21-25-27-31-35-39-45-61(43-37-33-29-23-19-15-11-7-3)59-79-75(71-55-53-69(87-71)67-51-49-65(85-67)63-47-41-57-83-63)73-74(77(79)81)76(72-56-54-70(88-72)68-52-50-66(86-68)64-48-42-58-84-64)80(78(73)82)60-62(44-38-34-30-24-20-16-12-8-4)46-40-36-32-28-26-22-18-14-10-6-2/h41-42,47-58,61-62H,5-40,43-46,59-60H2,1-4H3. The first kappa shape index (κ1) is 70.5. The van der Waals surface area contributed by atoms with Gasteiger partial charge >= 0.3 is 0 Å². The van der Waals surface area contributed by atoms with Crippen molar-refractivity contribution in [3.63, 3.8) is 0 Å². The highest BCUT2D eigenvalue weighted by Crippen LogP contribution is 2.52. The van der Waals surface area contributed by atoms with Crippen molar-refractivity contribution in [1.29, 1.82) is 0 Å². The summed E-state index contributed by atoms with van der Waals surface area (Å²) in [6.07, 6.45) is 51.8. The third-order valence-corrected chi connectivity index (χ3v) is 25.7. The Morgan fingerprint density at radius 3 is 0.761 bits per heavy atom. The lowest BCUT2D eigenvalue weighted by Crippen LogP contribution is -2.34. The van der Waals surface area contributed by atoms with Gasteiger partial charge in [0.05, 0.1) is 32.3 Å². The summed E-state index contributed by atoms with van der Waals surface area (Å²) < 4.78 is 0.